The third-order valence-electron chi connectivity index (χ3n) is 7.91. The van der Waals surface area contributed by atoms with Gasteiger partial charge >= 0.3 is 0 Å². The number of aromatic nitrogens is 4. The fourth-order valence-electron chi connectivity index (χ4n) is 6.03. The largest absolute Gasteiger partial charge is 0.383 e. The van der Waals surface area contributed by atoms with Crippen molar-refractivity contribution in [3.63, 3.8) is 0 Å². The maximum absolute atomic E-state index is 12.3. The Morgan fingerprint density at radius 3 is 2.74 bits per heavy atom. The van der Waals surface area contributed by atoms with Gasteiger partial charge in [-0.3, -0.25) is 4.79 Å². The van der Waals surface area contributed by atoms with E-state index in [0.717, 1.165) is 49.1 Å². The second-order valence-corrected chi connectivity index (χ2v) is 11.0. The van der Waals surface area contributed by atoms with E-state index < -0.39 is 0 Å². The zero-order chi connectivity index (χ0) is 26.4. The van der Waals surface area contributed by atoms with Crippen molar-refractivity contribution in [1.29, 1.82) is 0 Å². The second kappa shape index (κ2) is 9.28. The van der Waals surface area contributed by atoms with Crippen LogP contribution in [0.25, 0.3) is 22.3 Å². The highest BCUT2D eigenvalue weighted by Gasteiger charge is 2.34. The van der Waals surface area contributed by atoms with Crippen molar-refractivity contribution < 1.29 is 4.79 Å². The number of amides is 1. The standard InChI is InChI=1S/C30H33N7O/c1-4-25(38)35-15-7-8-22(17-35)37-29-26(28(31)32-19-33-29)27(34-37)21-13-11-20(12-14-21)16-36-18-30(2,3)23-9-5-6-10-24(23)36/h4-6,9-14,19,22H,1,7-8,15-18H2,2-3H3,(H2,31,32,33). The van der Waals surface area contributed by atoms with Gasteiger partial charge < -0.3 is 15.5 Å². The minimum absolute atomic E-state index is 0.0102. The molecule has 1 unspecified atom stereocenters. The van der Waals surface area contributed by atoms with E-state index in [1.165, 1.54) is 29.2 Å². The Kier molecular flexibility index (Phi) is 5.90. The molecule has 2 aliphatic rings. The molecular weight excluding hydrogens is 474 g/mol. The number of rotatable bonds is 5. The molecule has 1 atom stereocenters. The SMILES string of the molecule is C=CC(=O)N1CCCC(n2nc(-c3ccc(CN4CC(C)(C)c5ccccc54)cc3)c3c(N)ncnc32)C1. The summed E-state index contributed by atoms with van der Waals surface area (Å²) in [7, 11) is 0. The van der Waals surface area contributed by atoms with E-state index in [2.05, 4.69) is 83.8 Å². The van der Waals surface area contributed by atoms with Gasteiger partial charge in [-0.05, 0) is 36.1 Å². The van der Waals surface area contributed by atoms with Gasteiger partial charge in [-0.2, -0.15) is 5.10 Å². The lowest BCUT2D eigenvalue weighted by atomic mass is 9.87. The molecule has 0 spiro atoms. The summed E-state index contributed by atoms with van der Waals surface area (Å²) in [5, 5.41) is 5.76. The molecule has 0 radical (unpaired) electrons. The van der Waals surface area contributed by atoms with Crippen molar-refractivity contribution in [3.8, 4) is 11.3 Å². The molecule has 2 aromatic heterocycles. The number of nitrogens with two attached hydrogens (primary N) is 1. The average Bonchev–Trinajstić information content (AvgIpc) is 3.45. The zero-order valence-electron chi connectivity index (χ0n) is 22.0. The molecule has 2 aromatic carbocycles. The summed E-state index contributed by atoms with van der Waals surface area (Å²) in [5.74, 6) is 0.353. The number of carbonyl (C=O) groups is 1. The van der Waals surface area contributed by atoms with Gasteiger partial charge in [-0.1, -0.05) is 62.9 Å². The van der Waals surface area contributed by atoms with Crippen molar-refractivity contribution >= 4 is 28.4 Å². The molecule has 194 valence electrons. The number of carbonyl (C=O) groups excluding carboxylic acids is 1. The third kappa shape index (κ3) is 4.10. The Morgan fingerprint density at radius 2 is 1.95 bits per heavy atom. The highest BCUT2D eigenvalue weighted by atomic mass is 16.2. The summed E-state index contributed by atoms with van der Waals surface area (Å²) in [4.78, 5) is 25.4. The molecule has 1 fully saturated rings. The van der Waals surface area contributed by atoms with Crippen molar-refractivity contribution in [2.75, 3.05) is 30.3 Å². The Morgan fingerprint density at radius 1 is 1.16 bits per heavy atom. The molecule has 2 aliphatic heterocycles. The Hall–Kier alpha value is -4.20. The van der Waals surface area contributed by atoms with Crippen LogP contribution in [0.3, 0.4) is 0 Å². The number of likely N-dealkylation sites (tertiary alicyclic amines) is 1. The van der Waals surface area contributed by atoms with Crippen LogP contribution in [0.2, 0.25) is 0 Å². The molecule has 6 rings (SSSR count). The van der Waals surface area contributed by atoms with E-state index >= 15 is 0 Å². The van der Waals surface area contributed by atoms with E-state index in [-0.39, 0.29) is 17.4 Å². The summed E-state index contributed by atoms with van der Waals surface area (Å²) in [5.41, 5.74) is 12.9. The first kappa shape index (κ1) is 24.2. The second-order valence-electron chi connectivity index (χ2n) is 11.0. The summed E-state index contributed by atoms with van der Waals surface area (Å²) in [6.45, 7) is 11.4. The molecular formula is C30H33N7O. The van der Waals surface area contributed by atoms with E-state index in [1.54, 1.807) is 0 Å². The molecule has 0 aliphatic carbocycles. The minimum atomic E-state index is -0.0554. The number of nitrogens with zero attached hydrogens (tertiary/aromatic N) is 6. The van der Waals surface area contributed by atoms with Crippen LogP contribution in [0.4, 0.5) is 11.5 Å². The molecule has 0 saturated carbocycles. The quantitative estimate of drug-likeness (QED) is 0.393. The summed E-state index contributed by atoms with van der Waals surface area (Å²) >= 11 is 0. The molecule has 4 aromatic rings. The van der Waals surface area contributed by atoms with Gasteiger partial charge in [0.2, 0.25) is 5.91 Å². The van der Waals surface area contributed by atoms with Crippen LogP contribution in [0, 0.1) is 0 Å². The molecule has 8 heteroatoms. The van der Waals surface area contributed by atoms with Crippen LogP contribution in [0.15, 0.2) is 67.5 Å². The van der Waals surface area contributed by atoms with E-state index in [4.69, 9.17) is 10.8 Å². The normalized spacial score (nSPS) is 18.5. The van der Waals surface area contributed by atoms with Crippen molar-refractivity contribution in [2.45, 2.75) is 44.7 Å². The molecule has 1 saturated heterocycles. The lowest BCUT2D eigenvalue weighted by molar-refractivity contribution is -0.127. The highest BCUT2D eigenvalue weighted by Crippen LogP contribution is 2.41. The number of hydrogen-bond acceptors (Lipinski definition) is 6. The Bertz CT molecular complexity index is 1520. The summed E-state index contributed by atoms with van der Waals surface area (Å²) < 4.78 is 1.93. The molecule has 8 nitrogen and oxygen atoms in total. The van der Waals surface area contributed by atoms with Crippen LogP contribution in [-0.2, 0) is 16.8 Å². The molecule has 1 amide bonds. The Balaban J connectivity index is 1.31. The van der Waals surface area contributed by atoms with Gasteiger partial charge in [0.15, 0.2) is 5.65 Å². The smallest absolute Gasteiger partial charge is 0.246 e. The fraction of sp³-hybridized carbons (Fsp3) is 0.333. The molecule has 2 N–H and O–H groups in total. The van der Waals surface area contributed by atoms with E-state index in [9.17, 15) is 4.79 Å². The van der Waals surface area contributed by atoms with E-state index in [0.29, 0.717) is 18.0 Å². The number of benzene rings is 2. The van der Waals surface area contributed by atoms with Gasteiger partial charge in [-0.15, -0.1) is 0 Å². The van der Waals surface area contributed by atoms with Gasteiger partial charge in [0.1, 0.15) is 17.8 Å². The number of piperidine rings is 1. The summed E-state index contributed by atoms with van der Waals surface area (Å²) in [6.07, 6.45) is 4.66. The first-order valence-electron chi connectivity index (χ1n) is 13.2. The molecule has 4 heterocycles. The topological polar surface area (TPSA) is 93.2 Å². The lowest BCUT2D eigenvalue weighted by Gasteiger charge is -2.32. The van der Waals surface area contributed by atoms with Crippen molar-refractivity contribution in [2.24, 2.45) is 0 Å². The van der Waals surface area contributed by atoms with Crippen LogP contribution in [0.1, 0.15) is 43.9 Å². The third-order valence-corrected chi connectivity index (χ3v) is 7.91. The van der Waals surface area contributed by atoms with Crippen LogP contribution >= 0.6 is 0 Å². The molecule has 0 bridgehead atoms. The maximum Gasteiger partial charge on any atom is 0.246 e. The minimum Gasteiger partial charge on any atom is -0.383 e. The predicted molar refractivity (Wildman–Crippen MR) is 151 cm³/mol. The van der Waals surface area contributed by atoms with E-state index in [1.807, 2.05) is 9.58 Å². The van der Waals surface area contributed by atoms with Crippen molar-refractivity contribution in [3.05, 3.63) is 78.6 Å². The maximum atomic E-state index is 12.3. The first-order chi connectivity index (χ1) is 18.4. The number of nitrogen functional groups attached to an aromatic ring is 1. The zero-order valence-corrected chi connectivity index (χ0v) is 22.0. The fourth-order valence-corrected chi connectivity index (χ4v) is 6.03. The van der Waals surface area contributed by atoms with Crippen LogP contribution < -0.4 is 10.6 Å². The highest BCUT2D eigenvalue weighted by molar-refractivity contribution is 5.98. The number of anilines is 2. The van der Waals surface area contributed by atoms with Crippen molar-refractivity contribution in [1.82, 2.24) is 24.6 Å². The average molecular weight is 508 g/mol. The summed E-state index contributed by atoms with van der Waals surface area (Å²) in [6, 6.07) is 17.3. The lowest BCUT2D eigenvalue weighted by Crippen LogP contribution is -2.40. The Labute approximate surface area is 222 Å². The number of fused-ring (bicyclic) bond motifs is 2. The molecule has 38 heavy (non-hydrogen) atoms. The van der Waals surface area contributed by atoms with Gasteiger partial charge in [0.05, 0.1) is 11.4 Å². The van der Waals surface area contributed by atoms with Crippen LogP contribution in [0.5, 0.6) is 0 Å². The predicted octanol–water partition coefficient (Wildman–Crippen LogP) is 4.72. The van der Waals surface area contributed by atoms with Crippen LogP contribution in [-0.4, -0.2) is 50.2 Å². The van der Waals surface area contributed by atoms with Gasteiger partial charge in [0, 0.05) is 42.8 Å². The first-order valence-corrected chi connectivity index (χ1v) is 13.2. The van der Waals surface area contributed by atoms with Gasteiger partial charge in [-0.25, -0.2) is 14.6 Å². The number of para-hydroxylation sites is 1. The van der Waals surface area contributed by atoms with Gasteiger partial charge in [0.25, 0.3) is 0 Å². The monoisotopic (exact) mass is 507 g/mol. The number of hydrogen-bond donors (Lipinski definition) is 1.